The van der Waals surface area contributed by atoms with E-state index >= 15 is 0 Å². The Morgan fingerprint density at radius 2 is 1.53 bits per heavy atom. The molecule has 7 nitrogen and oxygen atoms in total. The molecular formula is C25H32N4O3. The van der Waals surface area contributed by atoms with Gasteiger partial charge in [0.25, 0.3) is 11.8 Å². The van der Waals surface area contributed by atoms with E-state index in [1.807, 2.05) is 6.92 Å². The molecule has 1 aliphatic carbocycles. The molecule has 7 heteroatoms. The summed E-state index contributed by atoms with van der Waals surface area (Å²) in [6.45, 7) is 2.66. The van der Waals surface area contributed by atoms with Crippen molar-refractivity contribution in [2.24, 2.45) is 0 Å². The molecule has 32 heavy (non-hydrogen) atoms. The summed E-state index contributed by atoms with van der Waals surface area (Å²) in [5, 5.41) is 11.8. The molecule has 0 unspecified atom stereocenters. The van der Waals surface area contributed by atoms with Crippen molar-refractivity contribution in [1.82, 2.24) is 10.6 Å². The smallest absolute Gasteiger partial charge is 0.251 e. The van der Waals surface area contributed by atoms with Gasteiger partial charge < -0.3 is 21.3 Å². The highest BCUT2D eigenvalue weighted by atomic mass is 16.2. The van der Waals surface area contributed by atoms with E-state index in [4.69, 9.17) is 0 Å². The van der Waals surface area contributed by atoms with E-state index < -0.39 is 0 Å². The predicted molar refractivity (Wildman–Crippen MR) is 127 cm³/mol. The Labute approximate surface area is 189 Å². The fourth-order valence-corrected chi connectivity index (χ4v) is 3.75. The second-order valence-electron chi connectivity index (χ2n) is 8.13. The minimum atomic E-state index is -0.240. The molecule has 0 atom stereocenters. The number of nitrogens with one attached hydrogen (secondary N) is 4. The van der Waals surface area contributed by atoms with Gasteiger partial charge in [-0.05, 0) is 55.7 Å². The third-order valence-corrected chi connectivity index (χ3v) is 5.46. The number of hydrogen-bond acceptors (Lipinski definition) is 4. The van der Waals surface area contributed by atoms with E-state index in [0.29, 0.717) is 29.0 Å². The molecule has 170 valence electrons. The topological polar surface area (TPSA) is 99.3 Å². The van der Waals surface area contributed by atoms with Crippen LogP contribution in [0.1, 0.15) is 66.2 Å². The lowest BCUT2D eigenvalue weighted by Gasteiger charge is -2.22. The third kappa shape index (κ3) is 7.11. The molecule has 2 aromatic rings. The summed E-state index contributed by atoms with van der Waals surface area (Å²) in [5.41, 5.74) is 2.33. The Bertz CT molecular complexity index is 938. The molecule has 0 aliphatic heterocycles. The first-order valence-electron chi connectivity index (χ1n) is 11.4. The van der Waals surface area contributed by atoms with Gasteiger partial charge in [0, 0.05) is 35.1 Å². The van der Waals surface area contributed by atoms with E-state index in [2.05, 4.69) is 21.3 Å². The number of anilines is 2. The molecule has 0 heterocycles. The van der Waals surface area contributed by atoms with E-state index in [9.17, 15) is 14.4 Å². The fourth-order valence-electron chi connectivity index (χ4n) is 3.75. The lowest BCUT2D eigenvalue weighted by molar-refractivity contribution is -0.114. The molecule has 2 aromatic carbocycles. The van der Waals surface area contributed by atoms with Crippen molar-refractivity contribution in [2.75, 3.05) is 23.7 Å². The molecule has 0 bridgehead atoms. The van der Waals surface area contributed by atoms with Crippen LogP contribution in [0.15, 0.2) is 48.5 Å². The van der Waals surface area contributed by atoms with Gasteiger partial charge in [-0.1, -0.05) is 38.3 Å². The van der Waals surface area contributed by atoms with Crippen molar-refractivity contribution in [3.8, 4) is 0 Å². The van der Waals surface area contributed by atoms with Crippen LogP contribution in [0.5, 0.6) is 0 Å². The van der Waals surface area contributed by atoms with Crippen LogP contribution < -0.4 is 21.3 Å². The van der Waals surface area contributed by atoms with Crippen LogP contribution in [-0.4, -0.2) is 36.9 Å². The van der Waals surface area contributed by atoms with Crippen LogP contribution in [0.4, 0.5) is 11.4 Å². The van der Waals surface area contributed by atoms with Crippen molar-refractivity contribution in [3.05, 3.63) is 59.7 Å². The van der Waals surface area contributed by atoms with E-state index in [1.165, 1.54) is 6.42 Å². The zero-order valence-corrected chi connectivity index (χ0v) is 18.6. The Morgan fingerprint density at radius 3 is 2.25 bits per heavy atom. The van der Waals surface area contributed by atoms with Gasteiger partial charge in [-0.25, -0.2) is 0 Å². The monoisotopic (exact) mass is 436 g/mol. The first-order valence-corrected chi connectivity index (χ1v) is 11.4. The number of rotatable bonds is 9. The Kier molecular flexibility index (Phi) is 8.66. The van der Waals surface area contributed by atoms with Crippen LogP contribution in [0.25, 0.3) is 0 Å². The molecule has 0 radical (unpaired) electrons. The molecule has 3 rings (SSSR count). The zero-order valence-electron chi connectivity index (χ0n) is 18.6. The van der Waals surface area contributed by atoms with Gasteiger partial charge in [-0.2, -0.15) is 0 Å². The van der Waals surface area contributed by atoms with Gasteiger partial charge in [-0.3, -0.25) is 14.4 Å². The molecule has 0 saturated heterocycles. The second kappa shape index (κ2) is 11.9. The Balaban J connectivity index is 1.51. The molecule has 1 aliphatic rings. The average molecular weight is 437 g/mol. The number of benzene rings is 2. The quantitative estimate of drug-likeness (QED) is 0.478. The van der Waals surface area contributed by atoms with E-state index in [0.717, 1.165) is 32.1 Å². The standard InChI is InChI=1S/C25H32N4O3/c1-2-14-26-24(31)18-8-6-12-21(15-18)27-17-23(30)28-22-13-7-9-19(16-22)25(32)29-20-10-4-3-5-11-20/h6-9,12-13,15-16,20,27H,2-5,10-11,14,17H2,1H3,(H,26,31)(H,28,30)(H,29,32). The summed E-state index contributed by atoms with van der Waals surface area (Å²) in [7, 11) is 0. The highest BCUT2D eigenvalue weighted by molar-refractivity contribution is 5.98. The lowest BCUT2D eigenvalue weighted by Crippen LogP contribution is -2.36. The van der Waals surface area contributed by atoms with Gasteiger partial charge in [0.1, 0.15) is 0 Å². The fraction of sp³-hybridized carbons (Fsp3) is 0.400. The summed E-state index contributed by atoms with van der Waals surface area (Å²) >= 11 is 0. The lowest BCUT2D eigenvalue weighted by atomic mass is 9.95. The molecule has 0 aromatic heterocycles. The molecular weight excluding hydrogens is 404 g/mol. The van der Waals surface area contributed by atoms with Crippen LogP contribution in [0, 0.1) is 0 Å². The van der Waals surface area contributed by atoms with Crippen molar-refractivity contribution in [1.29, 1.82) is 0 Å². The Morgan fingerprint density at radius 1 is 0.875 bits per heavy atom. The van der Waals surface area contributed by atoms with Crippen LogP contribution in [0.3, 0.4) is 0 Å². The summed E-state index contributed by atoms with van der Waals surface area (Å²) < 4.78 is 0. The van der Waals surface area contributed by atoms with E-state index in [-0.39, 0.29) is 30.3 Å². The van der Waals surface area contributed by atoms with Crippen molar-refractivity contribution >= 4 is 29.1 Å². The number of amides is 3. The van der Waals surface area contributed by atoms with E-state index in [1.54, 1.807) is 48.5 Å². The minimum absolute atomic E-state index is 0.0402. The van der Waals surface area contributed by atoms with Crippen molar-refractivity contribution in [2.45, 2.75) is 51.5 Å². The molecule has 1 saturated carbocycles. The summed E-state index contributed by atoms with van der Waals surface area (Å²) in [4.78, 5) is 37.0. The highest BCUT2D eigenvalue weighted by Gasteiger charge is 2.17. The first-order chi connectivity index (χ1) is 15.5. The van der Waals surface area contributed by atoms with Gasteiger partial charge in [-0.15, -0.1) is 0 Å². The number of hydrogen-bond donors (Lipinski definition) is 4. The predicted octanol–water partition coefficient (Wildman–Crippen LogP) is 3.94. The van der Waals surface area contributed by atoms with Crippen LogP contribution in [-0.2, 0) is 4.79 Å². The average Bonchev–Trinajstić information content (AvgIpc) is 2.82. The molecule has 1 fully saturated rings. The SMILES string of the molecule is CCCNC(=O)c1cccc(NCC(=O)Nc2cccc(C(=O)NC3CCCCC3)c2)c1. The van der Waals surface area contributed by atoms with Gasteiger partial charge in [0.2, 0.25) is 5.91 Å². The maximum Gasteiger partial charge on any atom is 0.251 e. The second-order valence-corrected chi connectivity index (χ2v) is 8.13. The maximum atomic E-state index is 12.5. The summed E-state index contributed by atoms with van der Waals surface area (Å²) in [5.74, 6) is -0.483. The van der Waals surface area contributed by atoms with Crippen LogP contribution in [0.2, 0.25) is 0 Å². The zero-order chi connectivity index (χ0) is 22.8. The normalized spacial score (nSPS) is 13.8. The van der Waals surface area contributed by atoms with Gasteiger partial charge in [0.05, 0.1) is 6.54 Å². The summed E-state index contributed by atoms with van der Waals surface area (Å²) in [6, 6.07) is 14.2. The minimum Gasteiger partial charge on any atom is -0.376 e. The third-order valence-electron chi connectivity index (χ3n) is 5.46. The van der Waals surface area contributed by atoms with Crippen molar-refractivity contribution in [3.63, 3.8) is 0 Å². The van der Waals surface area contributed by atoms with Gasteiger partial charge in [0.15, 0.2) is 0 Å². The molecule has 0 spiro atoms. The highest BCUT2D eigenvalue weighted by Crippen LogP contribution is 2.18. The van der Waals surface area contributed by atoms with Crippen molar-refractivity contribution < 1.29 is 14.4 Å². The number of carbonyl (C=O) groups is 3. The first kappa shape index (κ1) is 23.3. The largest absolute Gasteiger partial charge is 0.376 e. The van der Waals surface area contributed by atoms with Gasteiger partial charge >= 0.3 is 0 Å². The Hall–Kier alpha value is -3.35. The maximum absolute atomic E-state index is 12.5. The summed E-state index contributed by atoms with van der Waals surface area (Å²) in [6.07, 6.45) is 6.46. The number of carbonyl (C=O) groups excluding carboxylic acids is 3. The molecule has 3 amide bonds. The van der Waals surface area contributed by atoms with Crippen LogP contribution >= 0.6 is 0 Å². The molecule has 4 N–H and O–H groups in total.